The number of nitrogens with one attached hydrogen (secondary N) is 1. The number of rotatable bonds is 10. The molecule has 0 aliphatic carbocycles. The summed E-state index contributed by atoms with van der Waals surface area (Å²) < 4.78 is 23.1. The van der Waals surface area contributed by atoms with Crippen molar-refractivity contribution < 1.29 is 23.7 Å². The van der Waals surface area contributed by atoms with Gasteiger partial charge in [0.25, 0.3) is 5.91 Å². The molecule has 7 nitrogen and oxygen atoms in total. The summed E-state index contributed by atoms with van der Waals surface area (Å²) >= 11 is 3.56. The molecule has 1 N–H and O–H groups in total. The summed E-state index contributed by atoms with van der Waals surface area (Å²) in [7, 11) is 3.20. The Labute approximate surface area is 217 Å². The largest absolute Gasteiger partial charge is 0.497 e. The number of hydrogen-bond acceptors (Lipinski definition) is 6. The maximum Gasteiger partial charge on any atom is 0.277 e. The number of hydrogen-bond donors (Lipinski definition) is 1. The van der Waals surface area contributed by atoms with Crippen LogP contribution in [-0.2, 0) is 11.4 Å². The van der Waals surface area contributed by atoms with Crippen molar-refractivity contribution >= 4 is 38.8 Å². The van der Waals surface area contributed by atoms with E-state index in [1.165, 1.54) is 6.21 Å². The predicted molar refractivity (Wildman–Crippen MR) is 143 cm³/mol. The predicted octanol–water partition coefficient (Wildman–Crippen LogP) is 5.73. The molecule has 4 rings (SSSR count). The van der Waals surface area contributed by atoms with Crippen molar-refractivity contribution in [3.8, 4) is 23.0 Å². The van der Waals surface area contributed by atoms with E-state index in [4.69, 9.17) is 18.9 Å². The molecule has 184 valence electrons. The second-order valence-electron chi connectivity index (χ2n) is 7.72. The van der Waals surface area contributed by atoms with E-state index in [2.05, 4.69) is 26.5 Å². The van der Waals surface area contributed by atoms with Gasteiger partial charge in [-0.1, -0.05) is 42.5 Å². The number of ether oxygens (including phenoxy) is 4. The van der Waals surface area contributed by atoms with Gasteiger partial charge in [0.15, 0.2) is 6.61 Å². The van der Waals surface area contributed by atoms with Crippen molar-refractivity contribution in [2.75, 3.05) is 20.8 Å². The number of benzene rings is 4. The lowest BCUT2D eigenvalue weighted by atomic mass is 10.1. The average Bonchev–Trinajstić information content (AvgIpc) is 2.92. The highest BCUT2D eigenvalue weighted by Crippen LogP contribution is 2.33. The molecular weight excluding hydrogens is 524 g/mol. The van der Waals surface area contributed by atoms with E-state index in [0.29, 0.717) is 29.4 Å². The first-order valence-corrected chi connectivity index (χ1v) is 11.9. The first-order valence-electron chi connectivity index (χ1n) is 11.1. The molecule has 0 heterocycles. The first kappa shape index (κ1) is 25.1. The van der Waals surface area contributed by atoms with E-state index >= 15 is 0 Å². The Balaban J connectivity index is 1.38. The van der Waals surface area contributed by atoms with Crippen LogP contribution in [0.4, 0.5) is 0 Å². The zero-order valence-electron chi connectivity index (χ0n) is 19.9. The van der Waals surface area contributed by atoms with Gasteiger partial charge >= 0.3 is 0 Å². The van der Waals surface area contributed by atoms with Crippen LogP contribution < -0.4 is 24.4 Å². The monoisotopic (exact) mass is 548 g/mol. The summed E-state index contributed by atoms with van der Waals surface area (Å²) in [5.74, 6) is 2.17. The van der Waals surface area contributed by atoms with E-state index in [1.54, 1.807) is 32.4 Å². The number of carbonyl (C=O) groups is 1. The fraction of sp³-hybridized carbons (Fsp3) is 0.143. The summed E-state index contributed by atoms with van der Waals surface area (Å²) in [5, 5.41) is 6.16. The van der Waals surface area contributed by atoms with Gasteiger partial charge in [-0.3, -0.25) is 4.79 Å². The summed E-state index contributed by atoms with van der Waals surface area (Å²) in [4.78, 5) is 12.3. The average molecular weight is 549 g/mol. The molecular formula is C28H25BrN2O5. The maximum atomic E-state index is 12.3. The molecule has 0 saturated carbocycles. The van der Waals surface area contributed by atoms with Gasteiger partial charge in [0.05, 0.1) is 24.9 Å². The van der Waals surface area contributed by atoms with Crippen LogP contribution in [0, 0.1) is 0 Å². The van der Waals surface area contributed by atoms with Crippen LogP contribution in [0.5, 0.6) is 23.0 Å². The van der Waals surface area contributed by atoms with Crippen molar-refractivity contribution in [3.63, 3.8) is 0 Å². The molecule has 0 bridgehead atoms. The van der Waals surface area contributed by atoms with Gasteiger partial charge in [-0.2, -0.15) is 5.10 Å². The van der Waals surface area contributed by atoms with Crippen LogP contribution in [0.15, 0.2) is 88.4 Å². The highest BCUT2D eigenvalue weighted by Gasteiger charge is 2.09. The minimum atomic E-state index is -0.395. The molecule has 0 radical (unpaired) electrons. The maximum absolute atomic E-state index is 12.3. The fourth-order valence-corrected chi connectivity index (χ4v) is 4.09. The lowest BCUT2D eigenvalue weighted by Crippen LogP contribution is -2.24. The van der Waals surface area contributed by atoms with Crippen molar-refractivity contribution in [2.24, 2.45) is 5.10 Å². The van der Waals surface area contributed by atoms with E-state index in [0.717, 1.165) is 26.6 Å². The smallest absolute Gasteiger partial charge is 0.277 e. The SMILES string of the molecule is COc1cccc(COc2ccc(OC)cc2C=NNC(=O)COc2ccc3ccccc3c2Br)c1. The van der Waals surface area contributed by atoms with E-state index in [9.17, 15) is 4.79 Å². The standard InChI is InChI=1S/C28H25BrN2O5/c1-33-22-8-5-6-19(14-22)17-35-25-13-11-23(34-2)15-21(25)16-30-31-27(32)18-36-26-12-10-20-7-3-4-9-24(20)28(26)29/h3-16H,17-18H2,1-2H3,(H,31,32). The molecule has 4 aromatic rings. The Morgan fingerprint density at radius 2 is 1.67 bits per heavy atom. The summed E-state index contributed by atoms with van der Waals surface area (Å²) in [6.45, 7) is 0.150. The Hall–Kier alpha value is -4.04. The van der Waals surface area contributed by atoms with Gasteiger partial charge < -0.3 is 18.9 Å². The zero-order valence-corrected chi connectivity index (χ0v) is 21.4. The number of nitrogens with zero attached hydrogens (tertiary/aromatic N) is 1. The molecule has 0 spiro atoms. The normalized spacial score (nSPS) is 10.9. The summed E-state index contributed by atoms with van der Waals surface area (Å²) in [5.41, 5.74) is 4.09. The number of fused-ring (bicyclic) bond motifs is 1. The van der Waals surface area contributed by atoms with Crippen LogP contribution in [-0.4, -0.2) is 32.9 Å². The topological polar surface area (TPSA) is 78.4 Å². The summed E-state index contributed by atoms with van der Waals surface area (Å²) in [6.07, 6.45) is 1.51. The van der Waals surface area contributed by atoms with Gasteiger partial charge in [0.1, 0.15) is 29.6 Å². The molecule has 0 atom stereocenters. The Morgan fingerprint density at radius 1 is 0.889 bits per heavy atom. The minimum Gasteiger partial charge on any atom is -0.497 e. The number of halogens is 1. The fourth-order valence-electron chi connectivity index (χ4n) is 3.48. The van der Waals surface area contributed by atoms with Crippen molar-refractivity contribution in [2.45, 2.75) is 6.61 Å². The van der Waals surface area contributed by atoms with Gasteiger partial charge in [-0.05, 0) is 68.7 Å². The van der Waals surface area contributed by atoms with Gasteiger partial charge in [-0.15, -0.1) is 0 Å². The molecule has 0 saturated heterocycles. The first-order chi connectivity index (χ1) is 17.6. The second-order valence-corrected chi connectivity index (χ2v) is 8.52. The zero-order chi connectivity index (χ0) is 25.3. The third kappa shape index (κ3) is 6.34. The Morgan fingerprint density at radius 3 is 2.50 bits per heavy atom. The van der Waals surface area contributed by atoms with E-state index < -0.39 is 5.91 Å². The van der Waals surface area contributed by atoms with Crippen molar-refractivity contribution in [1.82, 2.24) is 5.43 Å². The third-order valence-corrected chi connectivity index (χ3v) is 6.14. The molecule has 8 heteroatoms. The van der Waals surface area contributed by atoms with Crippen LogP contribution >= 0.6 is 15.9 Å². The highest BCUT2D eigenvalue weighted by molar-refractivity contribution is 9.10. The quantitative estimate of drug-likeness (QED) is 0.202. The molecule has 0 unspecified atom stereocenters. The third-order valence-electron chi connectivity index (χ3n) is 5.32. The van der Waals surface area contributed by atoms with Gasteiger partial charge in [0, 0.05) is 5.56 Å². The molecule has 0 aliphatic heterocycles. The number of hydrazone groups is 1. The lowest BCUT2D eigenvalue weighted by molar-refractivity contribution is -0.123. The molecule has 0 aromatic heterocycles. The number of methoxy groups -OCH3 is 2. The molecule has 0 fully saturated rings. The molecule has 1 amide bonds. The molecule has 0 aliphatic rings. The molecule has 4 aromatic carbocycles. The highest BCUT2D eigenvalue weighted by atomic mass is 79.9. The number of amides is 1. The van der Waals surface area contributed by atoms with Crippen molar-refractivity contribution in [1.29, 1.82) is 0 Å². The summed E-state index contributed by atoms with van der Waals surface area (Å²) in [6, 6.07) is 24.7. The Kier molecular flexibility index (Phi) is 8.41. The number of carbonyl (C=O) groups excluding carboxylic acids is 1. The van der Waals surface area contributed by atoms with Crippen LogP contribution in [0.1, 0.15) is 11.1 Å². The van der Waals surface area contributed by atoms with E-state index in [1.807, 2.05) is 60.7 Å². The Bertz CT molecular complexity index is 1390. The van der Waals surface area contributed by atoms with Crippen molar-refractivity contribution in [3.05, 3.63) is 94.5 Å². The van der Waals surface area contributed by atoms with Crippen LogP contribution in [0.3, 0.4) is 0 Å². The van der Waals surface area contributed by atoms with Crippen LogP contribution in [0.2, 0.25) is 0 Å². The van der Waals surface area contributed by atoms with Crippen LogP contribution in [0.25, 0.3) is 10.8 Å². The van der Waals surface area contributed by atoms with E-state index in [-0.39, 0.29) is 6.61 Å². The van der Waals surface area contributed by atoms with Gasteiger partial charge in [0.2, 0.25) is 0 Å². The minimum absolute atomic E-state index is 0.189. The molecule has 36 heavy (non-hydrogen) atoms. The lowest BCUT2D eigenvalue weighted by Gasteiger charge is -2.11. The van der Waals surface area contributed by atoms with Gasteiger partial charge in [-0.25, -0.2) is 5.43 Å². The second kappa shape index (κ2) is 12.1.